The van der Waals surface area contributed by atoms with E-state index in [2.05, 4.69) is 10.3 Å². The number of anilines is 1. The van der Waals surface area contributed by atoms with E-state index in [1.807, 2.05) is 50.4 Å². The highest BCUT2D eigenvalue weighted by Crippen LogP contribution is 2.13. The van der Waals surface area contributed by atoms with Crippen LogP contribution in [-0.4, -0.2) is 10.9 Å². The second-order valence-corrected chi connectivity index (χ2v) is 4.23. The average Bonchev–Trinajstić information content (AvgIpc) is 2.67. The molecule has 0 atom stereocenters. The first-order chi connectivity index (χ1) is 8.15. The zero-order valence-electron chi connectivity index (χ0n) is 10.1. The number of aromatic amines is 1. The van der Waals surface area contributed by atoms with Crippen molar-refractivity contribution in [3.05, 3.63) is 53.3 Å². The average molecular weight is 228 g/mol. The molecular weight excluding hydrogens is 212 g/mol. The van der Waals surface area contributed by atoms with E-state index in [0.717, 1.165) is 22.5 Å². The van der Waals surface area contributed by atoms with E-state index in [-0.39, 0.29) is 5.91 Å². The number of hydrogen-bond acceptors (Lipinski definition) is 1. The summed E-state index contributed by atoms with van der Waals surface area (Å²) in [6, 6.07) is 9.76. The van der Waals surface area contributed by atoms with Crippen molar-refractivity contribution >= 4 is 11.6 Å². The number of carbonyl (C=O) groups excluding carboxylic acids is 1. The van der Waals surface area contributed by atoms with E-state index in [0.29, 0.717) is 6.42 Å². The van der Waals surface area contributed by atoms with Crippen LogP contribution < -0.4 is 5.32 Å². The van der Waals surface area contributed by atoms with Crippen LogP contribution in [0.2, 0.25) is 0 Å². The maximum absolute atomic E-state index is 11.8. The Balaban J connectivity index is 2.01. The van der Waals surface area contributed by atoms with Gasteiger partial charge in [-0.15, -0.1) is 0 Å². The van der Waals surface area contributed by atoms with Gasteiger partial charge in [0.2, 0.25) is 5.91 Å². The third-order valence-electron chi connectivity index (χ3n) is 2.67. The lowest BCUT2D eigenvalue weighted by molar-refractivity contribution is -0.115. The summed E-state index contributed by atoms with van der Waals surface area (Å²) in [7, 11) is 0. The fourth-order valence-electron chi connectivity index (χ4n) is 1.76. The third kappa shape index (κ3) is 2.97. The van der Waals surface area contributed by atoms with Gasteiger partial charge in [-0.2, -0.15) is 0 Å². The topological polar surface area (TPSA) is 44.9 Å². The van der Waals surface area contributed by atoms with Crippen molar-refractivity contribution < 1.29 is 4.79 Å². The summed E-state index contributed by atoms with van der Waals surface area (Å²) < 4.78 is 0. The van der Waals surface area contributed by atoms with E-state index < -0.39 is 0 Å². The molecule has 17 heavy (non-hydrogen) atoms. The van der Waals surface area contributed by atoms with E-state index in [1.165, 1.54) is 0 Å². The summed E-state index contributed by atoms with van der Waals surface area (Å²) in [5, 5.41) is 2.92. The van der Waals surface area contributed by atoms with Gasteiger partial charge in [0, 0.05) is 17.6 Å². The molecule has 1 heterocycles. The van der Waals surface area contributed by atoms with E-state index >= 15 is 0 Å². The third-order valence-corrected chi connectivity index (χ3v) is 2.67. The molecule has 0 bridgehead atoms. The molecule has 88 valence electrons. The Morgan fingerprint density at radius 2 is 2.06 bits per heavy atom. The Bertz CT molecular complexity index is 529. The van der Waals surface area contributed by atoms with Crippen LogP contribution in [-0.2, 0) is 11.2 Å². The molecular formula is C14H16N2O. The van der Waals surface area contributed by atoms with Crippen LogP contribution in [0.25, 0.3) is 0 Å². The number of rotatable bonds is 3. The summed E-state index contributed by atoms with van der Waals surface area (Å²) in [5.74, 6) is 0.0123. The van der Waals surface area contributed by atoms with Gasteiger partial charge < -0.3 is 10.3 Å². The Morgan fingerprint density at radius 1 is 1.29 bits per heavy atom. The second kappa shape index (κ2) is 4.87. The van der Waals surface area contributed by atoms with Gasteiger partial charge in [-0.25, -0.2) is 0 Å². The SMILES string of the molecule is Cc1cc(CC(=O)Nc2ccccc2C)c[nH]1. The van der Waals surface area contributed by atoms with Crippen LogP contribution in [0.4, 0.5) is 5.69 Å². The van der Waals surface area contributed by atoms with Crippen LogP contribution in [0.15, 0.2) is 36.5 Å². The van der Waals surface area contributed by atoms with Gasteiger partial charge >= 0.3 is 0 Å². The predicted molar refractivity (Wildman–Crippen MR) is 69.0 cm³/mol. The van der Waals surface area contributed by atoms with Crippen molar-refractivity contribution in [3.63, 3.8) is 0 Å². The minimum absolute atomic E-state index is 0.0123. The number of aromatic nitrogens is 1. The fraction of sp³-hybridized carbons (Fsp3) is 0.214. The molecule has 0 aliphatic rings. The maximum Gasteiger partial charge on any atom is 0.228 e. The number of hydrogen-bond donors (Lipinski definition) is 2. The quantitative estimate of drug-likeness (QED) is 0.833. The number of aryl methyl sites for hydroxylation is 2. The van der Waals surface area contributed by atoms with Crippen LogP contribution in [0, 0.1) is 13.8 Å². The molecule has 3 heteroatoms. The molecule has 0 unspecified atom stereocenters. The van der Waals surface area contributed by atoms with Gasteiger partial charge in [0.25, 0.3) is 0 Å². The first-order valence-electron chi connectivity index (χ1n) is 5.64. The summed E-state index contributed by atoms with van der Waals surface area (Å²) in [4.78, 5) is 14.9. The Morgan fingerprint density at radius 3 is 2.71 bits per heavy atom. The molecule has 0 fully saturated rings. The first-order valence-corrected chi connectivity index (χ1v) is 5.64. The maximum atomic E-state index is 11.8. The number of benzene rings is 1. The molecule has 3 nitrogen and oxygen atoms in total. The van der Waals surface area contributed by atoms with E-state index in [9.17, 15) is 4.79 Å². The number of carbonyl (C=O) groups is 1. The summed E-state index contributed by atoms with van der Waals surface area (Å²) in [5.41, 5.74) is 4.04. The van der Waals surface area contributed by atoms with Crippen molar-refractivity contribution in [1.82, 2.24) is 4.98 Å². The van der Waals surface area contributed by atoms with Crippen molar-refractivity contribution in [2.24, 2.45) is 0 Å². The molecule has 2 rings (SSSR count). The molecule has 0 radical (unpaired) electrons. The highest BCUT2D eigenvalue weighted by atomic mass is 16.1. The van der Waals surface area contributed by atoms with Crippen molar-refractivity contribution in [2.45, 2.75) is 20.3 Å². The van der Waals surface area contributed by atoms with Crippen LogP contribution in [0.1, 0.15) is 16.8 Å². The minimum Gasteiger partial charge on any atom is -0.365 e. The lowest BCUT2D eigenvalue weighted by Crippen LogP contribution is -2.14. The monoisotopic (exact) mass is 228 g/mol. The van der Waals surface area contributed by atoms with Crippen molar-refractivity contribution in [3.8, 4) is 0 Å². The highest BCUT2D eigenvalue weighted by Gasteiger charge is 2.06. The second-order valence-electron chi connectivity index (χ2n) is 4.23. The van der Waals surface area contributed by atoms with Crippen LogP contribution >= 0.6 is 0 Å². The van der Waals surface area contributed by atoms with Gasteiger partial charge in [-0.1, -0.05) is 18.2 Å². The number of para-hydroxylation sites is 1. The Hall–Kier alpha value is -2.03. The van der Waals surface area contributed by atoms with E-state index in [4.69, 9.17) is 0 Å². The molecule has 1 aromatic heterocycles. The van der Waals surface area contributed by atoms with Gasteiger partial charge in [0.1, 0.15) is 0 Å². The largest absolute Gasteiger partial charge is 0.365 e. The molecule has 0 aliphatic heterocycles. The molecule has 2 aromatic rings. The summed E-state index contributed by atoms with van der Waals surface area (Å²) in [6.45, 7) is 3.96. The van der Waals surface area contributed by atoms with Gasteiger partial charge in [0.15, 0.2) is 0 Å². The van der Waals surface area contributed by atoms with Gasteiger partial charge in [-0.3, -0.25) is 4.79 Å². The predicted octanol–water partition coefficient (Wildman–Crippen LogP) is 2.81. The molecule has 0 spiro atoms. The first kappa shape index (κ1) is 11.5. The molecule has 1 aromatic carbocycles. The van der Waals surface area contributed by atoms with Gasteiger partial charge in [-0.05, 0) is 37.1 Å². The standard InChI is InChI=1S/C14H16N2O/c1-10-5-3-4-6-13(10)16-14(17)8-12-7-11(2)15-9-12/h3-7,9,15H,8H2,1-2H3,(H,16,17). The lowest BCUT2D eigenvalue weighted by atomic mass is 10.2. The van der Waals surface area contributed by atoms with Gasteiger partial charge in [0.05, 0.1) is 6.42 Å². The van der Waals surface area contributed by atoms with Crippen molar-refractivity contribution in [1.29, 1.82) is 0 Å². The summed E-state index contributed by atoms with van der Waals surface area (Å²) >= 11 is 0. The lowest BCUT2D eigenvalue weighted by Gasteiger charge is -2.07. The zero-order valence-corrected chi connectivity index (χ0v) is 10.1. The molecule has 0 aliphatic carbocycles. The number of amides is 1. The molecule has 0 saturated carbocycles. The number of H-pyrrole nitrogens is 1. The highest BCUT2D eigenvalue weighted by molar-refractivity contribution is 5.92. The number of nitrogens with one attached hydrogen (secondary N) is 2. The molecule has 1 amide bonds. The zero-order chi connectivity index (χ0) is 12.3. The molecule has 0 saturated heterocycles. The van der Waals surface area contributed by atoms with Crippen molar-refractivity contribution in [2.75, 3.05) is 5.32 Å². The van der Waals surface area contributed by atoms with Crippen LogP contribution in [0.5, 0.6) is 0 Å². The fourth-order valence-corrected chi connectivity index (χ4v) is 1.76. The van der Waals surface area contributed by atoms with E-state index in [1.54, 1.807) is 0 Å². The molecule has 2 N–H and O–H groups in total. The normalized spacial score (nSPS) is 10.2. The smallest absolute Gasteiger partial charge is 0.228 e. The minimum atomic E-state index is 0.0123. The van der Waals surface area contributed by atoms with Crippen LogP contribution in [0.3, 0.4) is 0 Å². The Labute approximate surface area is 101 Å². The summed E-state index contributed by atoms with van der Waals surface area (Å²) in [6.07, 6.45) is 2.27. The Kier molecular flexibility index (Phi) is 3.28.